The largest absolute Gasteiger partial charge is 0.455 e. The fourth-order valence-electron chi connectivity index (χ4n) is 3.23. The van der Waals surface area contributed by atoms with Crippen LogP contribution in [0.4, 0.5) is 13.2 Å². The molecule has 0 aliphatic carbocycles. The summed E-state index contributed by atoms with van der Waals surface area (Å²) in [6.07, 6.45) is -2.91. The van der Waals surface area contributed by atoms with Gasteiger partial charge in [0.25, 0.3) is 5.91 Å². The second-order valence-corrected chi connectivity index (χ2v) is 7.66. The topological polar surface area (TPSA) is 86.1 Å². The van der Waals surface area contributed by atoms with Crippen LogP contribution in [-0.4, -0.2) is 28.3 Å². The quantitative estimate of drug-likeness (QED) is 0.552. The normalized spacial score (nSPS) is 12.8. The number of carbonyl (C=O) groups is 1. The summed E-state index contributed by atoms with van der Waals surface area (Å²) < 4.78 is 47.7. The van der Waals surface area contributed by atoms with Crippen molar-refractivity contribution in [2.45, 2.75) is 25.6 Å². The van der Waals surface area contributed by atoms with Crippen molar-refractivity contribution in [2.75, 3.05) is 6.54 Å². The SMILES string of the molecule is Cc1oc(C(=O)NC(CN)Cc2ccccc2C(F)(F)F)cc1-c1c(Br)cnn1C. The molecule has 0 radical (unpaired) electrons. The van der Waals surface area contributed by atoms with Gasteiger partial charge in [-0.15, -0.1) is 0 Å². The predicted molar refractivity (Wildman–Crippen MR) is 109 cm³/mol. The van der Waals surface area contributed by atoms with E-state index in [0.29, 0.717) is 11.3 Å². The fraction of sp³-hybridized carbons (Fsp3) is 0.300. The molecule has 3 rings (SSSR count). The van der Waals surface area contributed by atoms with Gasteiger partial charge in [0.1, 0.15) is 5.76 Å². The minimum Gasteiger partial charge on any atom is -0.455 e. The van der Waals surface area contributed by atoms with Crippen LogP contribution in [0.1, 0.15) is 27.4 Å². The van der Waals surface area contributed by atoms with Crippen LogP contribution < -0.4 is 11.1 Å². The third-order valence-corrected chi connectivity index (χ3v) is 5.28. The number of nitrogens with two attached hydrogens (primary N) is 1. The fourth-order valence-corrected chi connectivity index (χ4v) is 3.79. The average Bonchev–Trinajstić information content (AvgIpc) is 3.22. The Kier molecular flexibility index (Phi) is 6.37. The Morgan fingerprint density at radius 1 is 1.37 bits per heavy atom. The molecule has 1 aromatic carbocycles. The Morgan fingerprint density at radius 3 is 2.67 bits per heavy atom. The summed E-state index contributed by atoms with van der Waals surface area (Å²) in [6, 6.07) is 6.12. The molecular formula is C20H20BrF3N4O2. The molecule has 0 spiro atoms. The molecule has 6 nitrogen and oxygen atoms in total. The van der Waals surface area contributed by atoms with Crippen molar-refractivity contribution in [3.63, 3.8) is 0 Å². The number of nitrogens with one attached hydrogen (secondary N) is 1. The number of amides is 1. The monoisotopic (exact) mass is 484 g/mol. The van der Waals surface area contributed by atoms with Gasteiger partial charge in [0.05, 0.1) is 21.9 Å². The predicted octanol–water partition coefficient (Wildman–Crippen LogP) is 4.07. The first kappa shape index (κ1) is 22.1. The van der Waals surface area contributed by atoms with Crippen molar-refractivity contribution in [1.29, 1.82) is 0 Å². The standard InChI is InChI=1S/C20H20BrF3N4O2/c1-11-14(18-16(21)10-26-28(18)2)8-17(30-11)19(29)27-13(9-25)7-12-5-3-4-6-15(12)20(22,23)24/h3-6,8,10,13H,7,9,25H2,1-2H3,(H,27,29). The van der Waals surface area contributed by atoms with E-state index in [1.54, 1.807) is 30.9 Å². The van der Waals surface area contributed by atoms with E-state index in [1.807, 2.05) is 0 Å². The summed E-state index contributed by atoms with van der Waals surface area (Å²) in [4.78, 5) is 12.7. The molecule has 0 bridgehead atoms. The Bertz CT molecular complexity index is 1040. The highest BCUT2D eigenvalue weighted by atomic mass is 79.9. The van der Waals surface area contributed by atoms with Gasteiger partial charge >= 0.3 is 6.18 Å². The zero-order valence-electron chi connectivity index (χ0n) is 16.3. The highest BCUT2D eigenvalue weighted by Gasteiger charge is 2.33. The van der Waals surface area contributed by atoms with E-state index in [4.69, 9.17) is 10.2 Å². The van der Waals surface area contributed by atoms with Crippen LogP contribution in [0.3, 0.4) is 0 Å². The lowest BCUT2D eigenvalue weighted by Crippen LogP contribution is -2.42. The van der Waals surface area contributed by atoms with Gasteiger partial charge in [-0.3, -0.25) is 9.48 Å². The van der Waals surface area contributed by atoms with E-state index >= 15 is 0 Å². The Labute approximate surface area is 179 Å². The zero-order chi connectivity index (χ0) is 22.1. The molecule has 0 saturated heterocycles. The lowest BCUT2D eigenvalue weighted by molar-refractivity contribution is -0.138. The van der Waals surface area contributed by atoms with Gasteiger partial charge in [-0.25, -0.2) is 0 Å². The number of halogens is 4. The number of carbonyl (C=O) groups excluding carboxylic acids is 1. The smallest absolute Gasteiger partial charge is 0.416 e. The van der Waals surface area contributed by atoms with E-state index in [2.05, 4.69) is 26.3 Å². The first-order chi connectivity index (χ1) is 14.1. The van der Waals surface area contributed by atoms with Gasteiger partial charge in [-0.2, -0.15) is 18.3 Å². The molecule has 160 valence electrons. The van der Waals surface area contributed by atoms with Gasteiger partial charge in [0.15, 0.2) is 5.76 Å². The Hall–Kier alpha value is -2.59. The number of hydrogen-bond acceptors (Lipinski definition) is 4. The first-order valence-electron chi connectivity index (χ1n) is 9.06. The van der Waals surface area contributed by atoms with E-state index in [-0.39, 0.29) is 24.3 Å². The van der Waals surface area contributed by atoms with Crippen LogP contribution in [0.25, 0.3) is 11.3 Å². The van der Waals surface area contributed by atoms with Gasteiger partial charge < -0.3 is 15.5 Å². The number of benzene rings is 1. The maximum atomic E-state index is 13.2. The summed E-state index contributed by atoms with van der Waals surface area (Å²) in [5, 5.41) is 6.81. The highest BCUT2D eigenvalue weighted by molar-refractivity contribution is 9.10. The van der Waals surface area contributed by atoms with Gasteiger partial charge in [0, 0.05) is 25.2 Å². The van der Waals surface area contributed by atoms with E-state index in [1.165, 1.54) is 18.2 Å². The minimum absolute atomic E-state index is 0.0300. The molecule has 30 heavy (non-hydrogen) atoms. The second-order valence-electron chi connectivity index (χ2n) is 6.81. The van der Waals surface area contributed by atoms with E-state index in [0.717, 1.165) is 16.2 Å². The third kappa shape index (κ3) is 4.59. The maximum Gasteiger partial charge on any atom is 0.416 e. The number of nitrogens with zero attached hydrogens (tertiary/aromatic N) is 2. The van der Waals surface area contributed by atoms with Gasteiger partial charge in [-0.1, -0.05) is 18.2 Å². The molecule has 1 unspecified atom stereocenters. The molecule has 0 fully saturated rings. The van der Waals surface area contributed by atoms with Crippen molar-refractivity contribution >= 4 is 21.8 Å². The molecule has 2 aromatic heterocycles. The van der Waals surface area contributed by atoms with Crippen LogP contribution >= 0.6 is 15.9 Å². The van der Waals surface area contributed by atoms with Crippen LogP contribution in [-0.2, 0) is 19.6 Å². The molecule has 10 heteroatoms. The number of hydrogen-bond donors (Lipinski definition) is 2. The van der Waals surface area contributed by atoms with Crippen LogP contribution in [0.5, 0.6) is 0 Å². The van der Waals surface area contributed by atoms with E-state index < -0.39 is 23.7 Å². The molecule has 3 N–H and O–H groups in total. The molecule has 0 saturated carbocycles. The highest BCUT2D eigenvalue weighted by Crippen LogP contribution is 2.33. The minimum atomic E-state index is -4.48. The zero-order valence-corrected chi connectivity index (χ0v) is 17.8. The molecule has 2 heterocycles. The van der Waals surface area contributed by atoms with E-state index in [9.17, 15) is 18.0 Å². The van der Waals surface area contributed by atoms with Crippen molar-refractivity contribution < 1.29 is 22.4 Å². The van der Waals surface area contributed by atoms with Crippen molar-refractivity contribution in [3.05, 3.63) is 63.6 Å². The molecule has 1 atom stereocenters. The van der Waals surface area contributed by atoms with Crippen LogP contribution in [0.15, 0.2) is 45.4 Å². The molecule has 0 aliphatic rings. The van der Waals surface area contributed by atoms with Gasteiger partial charge in [-0.05, 0) is 47.0 Å². The first-order valence-corrected chi connectivity index (χ1v) is 9.85. The molecular weight excluding hydrogens is 465 g/mol. The summed E-state index contributed by atoms with van der Waals surface area (Å²) >= 11 is 3.41. The number of furan rings is 1. The third-order valence-electron chi connectivity index (χ3n) is 4.70. The average molecular weight is 485 g/mol. The Morgan fingerprint density at radius 2 is 2.07 bits per heavy atom. The number of alkyl halides is 3. The van der Waals surface area contributed by atoms with Crippen LogP contribution in [0.2, 0.25) is 0 Å². The summed E-state index contributed by atoms with van der Waals surface area (Å²) in [6.45, 7) is 1.68. The molecule has 3 aromatic rings. The molecule has 1 amide bonds. The van der Waals surface area contributed by atoms with Crippen molar-refractivity contribution in [3.8, 4) is 11.3 Å². The van der Waals surface area contributed by atoms with Crippen molar-refractivity contribution in [2.24, 2.45) is 12.8 Å². The summed E-state index contributed by atoms with van der Waals surface area (Å²) in [5.41, 5.74) is 6.46. The summed E-state index contributed by atoms with van der Waals surface area (Å²) in [7, 11) is 1.76. The lowest BCUT2D eigenvalue weighted by atomic mass is 9.99. The maximum absolute atomic E-state index is 13.2. The number of rotatable bonds is 6. The lowest BCUT2D eigenvalue weighted by Gasteiger charge is -2.19. The second kappa shape index (κ2) is 8.65. The number of aryl methyl sites for hydroxylation is 2. The molecule has 0 aliphatic heterocycles. The van der Waals surface area contributed by atoms with Gasteiger partial charge in [0.2, 0.25) is 0 Å². The Balaban J connectivity index is 1.80. The van der Waals surface area contributed by atoms with Crippen molar-refractivity contribution in [1.82, 2.24) is 15.1 Å². The summed E-state index contributed by atoms with van der Waals surface area (Å²) in [5.74, 6) is -0.00287. The van der Waals surface area contributed by atoms with Crippen LogP contribution in [0, 0.1) is 6.92 Å². The number of aromatic nitrogens is 2.